The zero-order valence-corrected chi connectivity index (χ0v) is 17.0. The third-order valence-corrected chi connectivity index (χ3v) is 6.65. The van der Waals surface area contributed by atoms with Crippen molar-refractivity contribution >= 4 is 21.6 Å². The zero-order chi connectivity index (χ0) is 20.3. The van der Waals surface area contributed by atoms with E-state index in [1.54, 1.807) is 6.07 Å². The van der Waals surface area contributed by atoms with Gasteiger partial charge in [-0.25, -0.2) is 8.42 Å². The van der Waals surface area contributed by atoms with Crippen LogP contribution in [-0.4, -0.2) is 52.0 Å². The number of para-hydroxylation sites is 1. The van der Waals surface area contributed by atoms with E-state index >= 15 is 0 Å². The van der Waals surface area contributed by atoms with Crippen molar-refractivity contribution in [1.82, 2.24) is 4.31 Å². The molecule has 0 radical (unpaired) electrons. The Kier molecular flexibility index (Phi) is 6.02. The number of rotatable bonds is 5. The molecule has 1 aliphatic heterocycles. The molecule has 0 aliphatic carbocycles. The lowest BCUT2D eigenvalue weighted by molar-refractivity contribution is 0.0729. The number of nitrogens with one attached hydrogen (secondary N) is 1. The monoisotopic (exact) mass is 404 g/mol. The van der Waals surface area contributed by atoms with Crippen LogP contribution < -0.4 is 10.1 Å². The van der Waals surface area contributed by atoms with Gasteiger partial charge in [-0.2, -0.15) is 4.31 Å². The minimum absolute atomic E-state index is 0.0222. The summed E-state index contributed by atoms with van der Waals surface area (Å²) in [7, 11) is -2.39. The number of sulfonamides is 1. The molecule has 7 nitrogen and oxygen atoms in total. The molecule has 1 N–H and O–H groups in total. The van der Waals surface area contributed by atoms with Gasteiger partial charge in [-0.1, -0.05) is 18.2 Å². The lowest BCUT2D eigenvalue weighted by atomic mass is 10.1. The minimum Gasteiger partial charge on any atom is -0.495 e. The summed E-state index contributed by atoms with van der Waals surface area (Å²) >= 11 is 0. The summed E-state index contributed by atoms with van der Waals surface area (Å²) in [5, 5.41) is 2.88. The fraction of sp³-hybridized carbons (Fsp3) is 0.350. The van der Waals surface area contributed by atoms with E-state index in [1.165, 1.54) is 23.5 Å². The maximum Gasteiger partial charge on any atom is 0.255 e. The number of hydrogen-bond donors (Lipinski definition) is 1. The van der Waals surface area contributed by atoms with Crippen LogP contribution in [0.1, 0.15) is 21.5 Å². The smallest absolute Gasteiger partial charge is 0.255 e. The second-order valence-electron chi connectivity index (χ2n) is 6.60. The predicted molar refractivity (Wildman–Crippen MR) is 106 cm³/mol. The number of aryl methyl sites for hydroxylation is 2. The first-order valence-corrected chi connectivity index (χ1v) is 10.4. The molecule has 0 aromatic heterocycles. The van der Waals surface area contributed by atoms with Crippen LogP contribution in [0.4, 0.5) is 5.69 Å². The van der Waals surface area contributed by atoms with Crippen LogP contribution in [0.2, 0.25) is 0 Å². The first-order valence-electron chi connectivity index (χ1n) is 8.98. The molecule has 0 unspecified atom stereocenters. The van der Waals surface area contributed by atoms with E-state index in [2.05, 4.69) is 5.32 Å². The van der Waals surface area contributed by atoms with Crippen LogP contribution >= 0.6 is 0 Å². The lowest BCUT2D eigenvalue weighted by Gasteiger charge is -2.26. The first-order chi connectivity index (χ1) is 13.3. The molecule has 1 saturated heterocycles. The van der Waals surface area contributed by atoms with Crippen LogP contribution in [0.5, 0.6) is 5.75 Å². The quantitative estimate of drug-likeness (QED) is 0.828. The number of ether oxygens (including phenoxy) is 2. The average molecular weight is 404 g/mol. The topological polar surface area (TPSA) is 84.9 Å². The van der Waals surface area contributed by atoms with Gasteiger partial charge < -0.3 is 14.8 Å². The summed E-state index contributed by atoms with van der Waals surface area (Å²) < 4.78 is 38.0. The van der Waals surface area contributed by atoms with Crippen molar-refractivity contribution in [2.75, 3.05) is 38.7 Å². The van der Waals surface area contributed by atoms with Crippen molar-refractivity contribution in [3.63, 3.8) is 0 Å². The minimum atomic E-state index is -3.80. The van der Waals surface area contributed by atoms with E-state index < -0.39 is 10.0 Å². The van der Waals surface area contributed by atoms with Gasteiger partial charge in [0.25, 0.3) is 5.91 Å². The van der Waals surface area contributed by atoms with Crippen LogP contribution in [-0.2, 0) is 14.8 Å². The number of nitrogens with zero attached hydrogens (tertiary/aromatic N) is 1. The largest absolute Gasteiger partial charge is 0.495 e. The van der Waals surface area contributed by atoms with Crippen molar-refractivity contribution < 1.29 is 22.7 Å². The maximum absolute atomic E-state index is 13.1. The van der Waals surface area contributed by atoms with Crippen molar-refractivity contribution in [2.24, 2.45) is 0 Å². The molecule has 2 aromatic carbocycles. The number of hydrogen-bond acceptors (Lipinski definition) is 5. The molecule has 0 saturated carbocycles. The first kappa shape index (κ1) is 20.3. The Morgan fingerprint density at radius 2 is 1.75 bits per heavy atom. The molecule has 0 spiro atoms. The molecular formula is C20H24N2O5S. The molecule has 8 heteroatoms. The molecule has 0 atom stereocenters. The van der Waals surface area contributed by atoms with Crippen molar-refractivity contribution in [3.05, 3.63) is 53.1 Å². The van der Waals surface area contributed by atoms with Gasteiger partial charge in [0.05, 0.1) is 20.3 Å². The lowest BCUT2D eigenvalue weighted by Crippen LogP contribution is -2.40. The van der Waals surface area contributed by atoms with Gasteiger partial charge in [-0.15, -0.1) is 0 Å². The number of anilines is 1. The molecule has 1 heterocycles. The van der Waals surface area contributed by atoms with Gasteiger partial charge in [-0.3, -0.25) is 4.79 Å². The molecule has 1 amide bonds. The second kappa shape index (κ2) is 8.30. The SMILES string of the molecule is COc1ccc(C(=O)Nc2c(C)cccc2C)cc1S(=O)(=O)N1CCOCC1. The Morgan fingerprint density at radius 1 is 1.11 bits per heavy atom. The highest BCUT2D eigenvalue weighted by molar-refractivity contribution is 7.89. The standard InChI is InChI=1S/C20H24N2O5S/c1-14-5-4-6-15(2)19(14)21-20(23)16-7-8-17(26-3)18(13-16)28(24,25)22-9-11-27-12-10-22/h4-8,13H,9-12H2,1-3H3,(H,21,23). The number of carbonyl (C=O) groups excluding carboxylic acids is 1. The Bertz CT molecular complexity index is 962. The summed E-state index contributed by atoms with van der Waals surface area (Å²) in [6, 6.07) is 10.2. The zero-order valence-electron chi connectivity index (χ0n) is 16.2. The van der Waals surface area contributed by atoms with Crippen molar-refractivity contribution in [1.29, 1.82) is 0 Å². The van der Waals surface area contributed by atoms with E-state index in [9.17, 15) is 13.2 Å². The summed E-state index contributed by atoms with van der Waals surface area (Å²) in [5.41, 5.74) is 2.84. The highest BCUT2D eigenvalue weighted by Gasteiger charge is 2.30. The Balaban J connectivity index is 1.95. The summed E-state index contributed by atoms with van der Waals surface area (Å²) in [5.74, 6) is -0.173. The summed E-state index contributed by atoms with van der Waals surface area (Å²) in [6.07, 6.45) is 0. The molecule has 150 valence electrons. The number of carbonyl (C=O) groups is 1. The third kappa shape index (κ3) is 4.04. The van der Waals surface area contributed by atoms with Crippen LogP contribution in [0.25, 0.3) is 0 Å². The van der Waals surface area contributed by atoms with Crippen molar-refractivity contribution in [3.8, 4) is 5.75 Å². The Labute approximate surface area is 165 Å². The highest BCUT2D eigenvalue weighted by atomic mass is 32.2. The molecule has 1 fully saturated rings. The fourth-order valence-corrected chi connectivity index (χ4v) is 4.73. The predicted octanol–water partition coefficient (Wildman–Crippen LogP) is 2.59. The highest BCUT2D eigenvalue weighted by Crippen LogP contribution is 2.29. The Hall–Kier alpha value is -2.42. The number of amides is 1. The molecule has 0 bridgehead atoms. The van der Waals surface area contributed by atoms with Gasteiger partial charge in [-0.05, 0) is 43.2 Å². The van der Waals surface area contributed by atoms with Gasteiger partial charge in [0.2, 0.25) is 10.0 Å². The van der Waals surface area contributed by atoms with Crippen LogP contribution in [0, 0.1) is 13.8 Å². The average Bonchev–Trinajstić information content (AvgIpc) is 2.71. The van der Waals surface area contributed by atoms with Gasteiger partial charge in [0.1, 0.15) is 10.6 Å². The third-order valence-electron chi connectivity index (χ3n) is 4.73. The number of morpholine rings is 1. The number of methoxy groups -OCH3 is 1. The normalized spacial score (nSPS) is 15.2. The molecule has 1 aliphatic rings. The van der Waals surface area contributed by atoms with Gasteiger partial charge in [0.15, 0.2) is 0 Å². The Morgan fingerprint density at radius 3 is 2.36 bits per heavy atom. The molecule has 3 rings (SSSR count). The maximum atomic E-state index is 13.1. The second-order valence-corrected chi connectivity index (χ2v) is 8.51. The van der Waals surface area contributed by atoms with E-state index in [0.29, 0.717) is 13.2 Å². The van der Waals surface area contributed by atoms with Crippen LogP contribution in [0.3, 0.4) is 0 Å². The van der Waals surface area contributed by atoms with Crippen LogP contribution in [0.15, 0.2) is 41.3 Å². The van der Waals surface area contributed by atoms with E-state index in [4.69, 9.17) is 9.47 Å². The molecule has 28 heavy (non-hydrogen) atoms. The number of benzene rings is 2. The van der Waals surface area contributed by atoms with E-state index in [0.717, 1.165) is 16.8 Å². The fourth-order valence-electron chi connectivity index (χ4n) is 3.14. The molecule has 2 aromatic rings. The summed E-state index contributed by atoms with van der Waals surface area (Å²) in [4.78, 5) is 12.8. The van der Waals surface area contributed by atoms with Gasteiger partial charge >= 0.3 is 0 Å². The van der Waals surface area contributed by atoms with Crippen molar-refractivity contribution in [2.45, 2.75) is 18.7 Å². The summed E-state index contributed by atoms with van der Waals surface area (Å²) in [6.45, 7) is 5.03. The van der Waals surface area contributed by atoms with E-state index in [1.807, 2.05) is 32.0 Å². The van der Waals surface area contributed by atoms with Gasteiger partial charge in [0, 0.05) is 24.3 Å². The molecular weight excluding hydrogens is 380 g/mol. The van der Waals surface area contributed by atoms with E-state index in [-0.39, 0.29) is 35.2 Å².